The molecule has 1 aliphatic rings. The van der Waals surface area contributed by atoms with Crippen molar-refractivity contribution in [2.75, 3.05) is 7.11 Å². The number of rotatable bonds is 4. The van der Waals surface area contributed by atoms with Crippen molar-refractivity contribution in [3.05, 3.63) is 23.0 Å². The Kier molecular flexibility index (Phi) is 4.53. The van der Waals surface area contributed by atoms with E-state index < -0.39 is 6.16 Å². The number of Topliss-reactive ketones (excluding diaryl/α,β-unsaturated/α-hetero) is 1. The first-order valence-electron chi connectivity index (χ1n) is 7.94. The molecule has 0 bridgehead atoms. The fourth-order valence-corrected chi connectivity index (χ4v) is 3.00. The summed E-state index contributed by atoms with van der Waals surface area (Å²) in [5.74, 6) is 0.192. The van der Waals surface area contributed by atoms with Gasteiger partial charge in [0.25, 0.3) is 0 Å². The van der Waals surface area contributed by atoms with E-state index >= 15 is 0 Å². The van der Waals surface area contributed by atoms with E-state index in [9.17, 15) is 9.59 Å². The minimum Gasteiger partial charge on any atom is -0.431 e. The summed E-state index contributed by atoms with van der Waals surface area (Å²) in [7, 11) is 1.54. The van der Waals surface area contributed by atoms with Crippen LogP contribution in [-0.4, -0.2) is 35.1 Å². The summed E-state index contributed by atoms with van der Waals surface area (Å²) in [5, 5.41) is 0.721. The lowest BCUT2D eigenvalue weighted by Gasteiger charge is -2.13. The molecule has 0 fully saturated rings. The number of ketones is 1. The first kappa shape index (κ1) is 16.4. The molecule has 3 rings (SSSR count). The van der Waals surface area contributed by atoms with E-state index in [1.54, 1.807) is 20.0 Å². The molecule has 0 saturated carbocycles. The third kappa shape index (κ3) is 2.99. The number of H-pyrrole nitrogens is 1. The van der Waals surface area contributed by atoms with Crippen LogP contribution in [0.1, 0.15) is 48.3 Å². The Bertz CT molecular complexity index is 794. The third-order valence-corrected chi connectivity index (χ3v) is 3.89. The molecule has 0 atom stereocenters. The Morgan fingerprint density at radius 3 is 2.88 bits per heavy atom. The van der Waals surface area contributed by atoms with Crippen LogP contribution in [0.5, 0.6) is 5.88 Å². The Morgan fingerprint density at radius 1 is 1.38 bits per heavy atom. The molecule has 1 aliphatic carbocycles. The van der Waals surface area contributed by atoms with Gasteiger partial charge in [0.05, 0.1) is 30.0 Å². The van der Waals surface area contributed by atoms with Gasteiger partial charge in [-0.1, -0.05) is 0 Å². The molecule has 2 heterocycles. The number of aromatic nitrogens is 2. The summed E-state index contributed by atoms with van der Waals surface area (Å²) in [5.41, 5.74) is 2.88. The molecule has 2 aromatic heterocycles. The van der Waals surface area contributed by atoms with Crippen molar-refractivity contribution in [1.29, 1.82) is 0 Å². The molecule has 0 saturated heterocycles. The fourth-order valence-electron chi connectivity index (χ4n) is 3.00. The Labute approximate surface area is 139 Å². The van der Waals surface area contributed by atoms with Crippen LogP contribution in [0.25, 0.3) is 10.9 Å². The predicted octanol–water partition coefficient (Wildman–Crippen LogP) is 3.15. The highest BCUT2D eigenvalue weighted by molar-refractivity contribution is 6.11. The first-order valence-corrected chi connectivity index (χ1v) is 7.94. The average molecular weight is 332 g/mol. The number of aromatic amines is 1. The summed E-state index contributed by atoms with van der Waals surface area (Å²) in [4.78, 5) is 31.6. The highest BCUT2D eigenvalue weighted by atomic mass is 16.7. The van der Waals surface area contributed by atoms with Gasteiger partial charge in [-0.15, -0.1) is 0 Å². The molecule has 2 aromatic rings. The molecule has 7 nitrogen and oxygen atoms in total. The SMILES string of the molecule is COCc1c(OC(=O)OC(C)C)ncc2[nH]c3c(c12)C(=O)CCC3. The molecule has 0 radical (unpaired) electrons. The molecule has 24 heavy (non-hydrogen) atoms. The molecule has 0 aliphatic heterocycles. The van der Waals surface area contributed by atoms with Crippen LogP contribution in [0, 0.1) is 0 Å². The third-order valence-electron chi connectivity index (χ3n) is 3.89. The van der Waals surface area contributed by atoms with Gasteiger partial charge in [-0.2, -0.15) is 0 Å². The number of carbonyl (C=O) groups is 2. The minimum atomic E-state index is -0.829. The molecule has 128 valence electrons. The predicted molar refractivity (Wildman–Crippen MR) is 86.3 cm³/mol. The zero-order chi connectivity index (χ0) is 17.3. The summed E-state index contributed by atoms with van der Waals surface area (Å²) < 4.78 is 15.5. The van der Waals surface area contributed by atoms with E-state index in [4.69, 9.17) is 14.2 Å². The number of fused-ring (bicyclic) bond motifs is 3. The lowest BCUT2D eigenvalue weighted by atomic mass is 9.93. The van der Waals surface area contributed by atoms with E-state index in [2.05, 4.69) is 9.97 Å². The Balaban J connectivity index is 2.10. The van der Waals surface area contributed by atoms with Gasteiger partial charge in [-0.3, -0.25) is 4.79 Å². The number of hydrogen-bond acceptors (Lipinski definition) is 6. The fraction of sp³-hybridized carbons (Fsp3) is 0.471. The summed E-state index contributed by atoms with van der Waals surface area (Å²) in [6, 6.07) is 0. The number of carbonyl (C=O) groups excluding carboxylic acids is 2. The Morgan fingerprint density at radius 2 is 2.17 bits per heavy atom. The van der Waals surface area contributed by atoms with Gasteiger partial charge in [0.15, 0.2) is 5.78 Å². The van der Waals surface area contributed by atoms with Crippen LogP contribution >= 0.6 is 0 Å². The van der Waals surface area contributed by atoms with Crippen LogP contribution < -0.4 is 4.74 Å². The van der Waals surface area contributed by atoms with E-state index in [0.717, 1.165) is 29.4 Å². The molecular weight excluding hydrogens is 312 g/mol. The summed E-state index contributed by atoms with van der Waals surface area (Å²) in [6.07, 6.45) is 2.60. The average Bonchev–Trinajstić information content (AvgIpc) is 2.89. The number of nitrogens with zero attached hydrogens (tertiary/aromatic N) is 1. The van der Waals surface area contributed by atoms with Crippen molar-refractivity contribution in [1.82, 2.24) is 9.97 Å². The number of aryl methyl sites for hydroxylation is 1. The number of ether oxygens (including phenoxy) is 3. The smallest absolute Gasteiger partial charge is 0.431 e. The molecule has 0 amide bonds. The maximum Gasteiger partial charge on any atom is 0.515 e. The van der Waals surface area contributed by atoms with E-state index in [1.165, 1.54) is 7.11 Å². The zero-order valence-electron chi connectivity index (χ0n) is 14.0. The normalized spacial score (nSPS) is 14.1. The number of hydrogen-bond donors (Lipinski definition) is 1. The molecule has 0 unspecified atom stereocenters. The van der Waals surface area contributed by atoms with Gasteiger partial charge < -0.3 is 19.2 Å². The topological polar surface area (TPSA) is 90.5 Å². The summed E-state index contributed by atoms with van der Waals surface area (Å²) >= 11 is 0. The van der Waals surface area contributed by atoms with Crippen LogP contribution in [0.15, 0.2) is 6.20 Å². The van der Waals surface area contributed by atoms with Gasteiger partial charge in [-0.25, -0.2) is 9.78 Å². The lowest BCUT2D eigenvalue weighted by molar-refractivity contribution is 0.0705. The second kappa shape index (κ2) is 6.60. The van der Waals surface area contributed by atoms with Crippen molar-refractivity contribution in [2.24, 2.45) is 0 Å². The molecule has 1 N–H and O–H groups in total. The van der Waals surface area contributed by atoms with Crippen molar-refractivity contribution < 1.29 is 23.8 Å². The van der Waals surface area contributed by atoms with Gasteiger partial charge in [0, 0.05) is 30.2 Å². The number of pyridine rings is 1. The van der Waals surface area contributed by atoms with Crippen LogP contribution in [0.3, 0.4) is 0 Å². The highest BCUT2D eigenvalue weighted by Crippen LogP contribution is 2.35. The lowest BCUT2D eigenvalue weighted by Crippen LogP contribution is -2.17. The van der Waals surface area contributed by atoms with Gasteiger partial charge in [0.2, 0.25) is 5.88 Å². The molecule has 0 spiro atoms. The van der Waals surface area contributed by atoms with Gasteiger partial charge >= 0.3 is 6.16 Å². The maximum absolute atomic E-state index is 12.4. The van der Waals surface area contributed by atoms with E-state index in [1.807, 2.05) is 0 Å². The minimum absolute atomic E-state index is 0.0850. The number of methoxy groups -OCH3 is 1. The van der Waals surface area contributed by atoms with Crippen LogP contribution in [0.2, 0.25) is 0 Å². The number of nitrogens with one attached hydrogen (secondary N) is 1. The van der Waals surface area contributed by atoms with Crippen molar-refractivity contribution >= 4 is 22.8 Å². The first-order chi connectivity index (χ1) is 11.5. The quantitative estimate of drug-likeness (QED) is 0.865. The van der Waals surface area contributed by atoms with Crippen molar-refractivity contribution in [3.8, 4) is 5.88 Å². The standard InChI is InChI=1S/C17H20N2O5/c1-9(2)23-17(21)24-16-10(8-22-3)14-12(7-18-16)19-11-5-4-6-13(20)15(11)14/h7,9,19H,4-6,8H2,1-3H3. The second-order valence-corrected chi connectivity index (χ2v) is 6.04. The highest BCUT2D eigenvalue weighted by Gasteiger charge is 2.27. The van der Waals surface area contributed by atoms with Gasteiger partial charge in [0.1, 0.15) is 0 Å². The van der Waals surface area contributed by atoms with Crippen LogP contribution in [-0.2, 0) is 22.5 Å². The zero-order valence-corrected chi connectivity index (χ0v) is 14.0. The summed E-state index contributed by atoms with van der Waals surface area (Å²) in [6.45, 7) is 3.64. The van der Waals surface area contributed by atoms with Gasteiger partial charge in [-0.05, 0) is 26.7 Å². The van der Waals surface area contributed by atoms with E-state index in [0.29, 0.717) is 17.5 Å². The second-order valence-electron chi connectivity index (χ2n) is 6.04. The molecule has 0 aromatic carbocycles. The van der Waals surface area contributed by atoms with Crippen LogP contribution in [0.4, 0.5) is 4.79 Å². The largest absolute Gasteiger partial charge is 0.515 e. The van der Waals surface area contributed by atoms with Crippen molar-refractivity contribution in [2.45, 2.75) is 45.8 Å². The monoisotopic (exact) mass is 332 g/mol. The van der Waals surface area contributed by atoms with Crippen molar-refractivity contribution in [3.63, 3.8) is 0 Å². The van der Waals surface area contributed by atoms with E-state index in [-0.39, 0.29) is 24.4 Å². The Hall–Kier alpha value is -2.41. The molecule has 7 heteroatoms. The molecular formula is C17H20N2O5. The maximum atomic E-state index is 12.4.